The summed E-state index contributed by atoms with van der Waals surface area (Å²) in [5.74, 6) is -0.595. The molecule has 0 atom stereocenters. The molecule has 0 unspecified atom stereocenters. The number of anilines is 2. The van der Waals surface area contributed by atoms with Gasteiger partial charge in [0.2, 0.25) is 0 Å². The molecule has 0 aliphatic rings. The minimum absolute atomic E-state index is 0.407. The predicted molar refractivity (Wildman–Crippen MR) is 38.1 cm³/mol. The number of halogens is 3. The van der Waals surface area contributed by atoms with Crippen LogP contribution in [0.4, 0.5) is 24.7 Å². The Balaban J connectivity index is 3.31. The minimum atomic E-state index is -4.54. The van der Waals surface area contributed by atoms with Crippen molar-refractivity contribution in [2.45, 2.75) is 6.18 Å². The number of nitrogens with zero attached hydrogens (tertiary/aromatic N) is 1. The first-order valence-corrected chi connectivity index (χ1v) is 3.00. The number of rotatable bonds is 0. The molecule has 0 aliphatic carbocycles. The minimum Gasteiger partial charge on any atom is -0.398 e. The van der Waals surface area contributed by atoms with E-state index in [1.165, 1.54) is 0 Å². The van der Waals surface area contributed by atoms with Gasteiger partial charge in [0, 0.05) is 11.9 Å². The van der Waals surface area contributed by atoms with Gasteiger partial charge in [0.25, 0.3) is 0 Å². The van der Waals surface area contributed by atoms with Crippen LogP contribution in [-0.2, 0) is 6.18 Å². The lowest BCUT2D eigenvalue weighted by atomic mass is 10.2. The number of hydrogen-bond acceptors (Lipinski definition) is 3. The first kappa shape index (κ1) is 8.63. The molecule has 0 amide bonds. The molecule has 0 aromatic carbocycles. The van der Waals surface area contributed by atoms with Crippen LogP contribution in [0.2, 0.25) is 0 Å². The molecule has 1 rings (SSSR count). The van der Waals surface area contributed by atoms with Gasteiger partial charge in [0.05, 0.1) is 0 Å². The number of aromatic nitrogens is 1. The average Bonchev–Trinajstić information content (AvgIpc) is 1.82. The van der Waals surface area contributed by atoms with Crippen LogP contribution in [0.15, 0.2) is 12.3 Å². The molecule has 6 heteroatoms. The fourth-order valence-corrected chi connectivity index (χ4v) is 0.803. The molecular weight excluding hydrogens is 171 g/mol. The van der Waals surface area contributed by atoms with Gasteiger partial charge in [-0.25, -0.2) is 4.98 Å². The summed E-state index contributed by atoms with van der Waals surface area (Å²) in [4.78, 5) is 3.28. The highest BCUT2D eigenvalue weighted by Crippen LogP contribution is 2.36. The summed E-state index contributed by atoms with van der Waals surface area (Å²) in [6.45, 7) is 0. The van der Waals surface area contributed by atoms with Crippen molar-refractivity contribution < 1.29 is 13.2 Å². The van der Waals surface area contributed by atoms with Crippen molar-refractivity contribution in [3.05, 3.63) is 17.8 Å². The summed E-state index contributed by atoms with van der Waals surface area (Å²) in [6, 6.07) is 1.05. The van der Waals surface area contributed by atoms with Crippen molar-refractivity contribution in [2.75, 3.05) is 11.5 Å². The monoisotopic (exact) mass is 177 g/mol. The Hall–Kier alpha value is -1.46. The van der Waals surface area contributed by atoms with Crippen LogP contribution >= 0.6 is 0 Å². The molecule has 3 nitrogen and oxygen atoms in total. The highest BCUT2D eigenvalue weighted by atomic mass is 19.4. The van der Waals surface area contributed by atoms with Crippen LogP contribution in [0, 0.1) is 0 Å². The molecule has 1 aromatic rings. The van der Waals surface area contributed by atoms with Crippen molar-refractivity contribution in [1.29, 1.82) is 0 Å². The first-order chi connectivity index (χ1) is 5.43. The summed E-state index contributed by atoms with van der Waals surface area (Å²) >= 11 is 0. The lowest BCUT2D eigenvalue weighted by Gasteiger charge is -2.10. The van der Waals surface area contributed by atoms with Crippen molar-refractivity contribution in [1.82, 2.24) is 4.98 Å². The third-order valence-corrected chi connectivity index (χ3v) is 1.30. The van der Waals surface area contributed by atoms with Crippen LogP contribution in [0.25, 0.3) is 0 Å². The lowest BCUT2D eigenvalue weighted by molar-refractivity contribution is -0.136. The molecule has 0 aliphatic heterocycles. The van der Waals surface area contributed by atoms with Gasteiger partial charge in [0.15, 0.2) is 0 Å². The first-order valence-electron chi connectivity index (χ1n) is 3.00. The Bertz CT molecular complexity index is 274. The van der Waals surface area contributed by atoms with E-state index in [0.29, 0.717) is 0 Å². The Morgan fingerprint density at radius 2 is 1.83 bits per heavy atom. The predicted octanol–water partition coefficient (Wildman–Crippen LogP) is 1.26. The van der Waals surface area contributed by atoms with E-state index in [2.05, 4.69) is 4.98 Å². The average molecular weight is 177 g/mol. The van der Waals surface area contributed by atoms with Crippen LogP contribution in [0.3, 0.4) is 0 Å². The van der Waals surface area contributed by atoms with Crippen molar-refractivity contribution >= 4 is 11.5 Å². The maximum Gasteiger partial charge on any atom is 0.421 e. The van der Waals surface area contributed by atoms with E-state index < -0.39 is 23.2 Å². The number of hydrogen-bond donors (Lipinski definition) is 2. The molecule has 4 N–H and O–H groups in total. The lowest BCUT2D eigenvalue weighted by Crippen LogP contribution is -2.13. The van der Waals surface area contributed by atoms with Gasteiger partial charge >= 0.3 is 6.18 Å². The molecule has 0 spiro atoms. The zero-order valence-electron chi connectivity index (χ0n) is 5.89. The topological polar surface area (TPSA) is 64.9 Å². The largest absolute Gasteiger partial charge is 0.421 e. The van der Waals surface area contributed by atoms with E-state index in [9.17, 15) is 13.2 Å². The van der Waals surface area contributed by atoms with Gasteiger partial charge in [-0.2, -0.15) is 13.2 Å². The van der Waals surface area contributed by atoms with E-state index in [4.69, 9.17) is 11.5 Å². The third kappa shape index (κ3) is 1.41. The van der Waals surface area contributed by atoms with Crippen molar-refractivity contribution in [2.24, 2.45) is 0 Å². The van der Waals surface area contributed by atoms with E-state index in [0.717, 1.165) is 12.3 Å². The van der Waals surface area contributed by atoms with Gasteiger partial charge in [-0.3, -0.25) is 0 Å². The van der Waals surface area contributed by atoms with E-state index in [-0.39, 0.29) is 0 Å². The van der Waals surface area contributed by atoms with Crippen LogP contribution < -0.4 is 11.5 Å². The summed E-state index contributed by atoms with van der Waals surface area (Å²) in [5, 5.41) is 0. The summed E-state index contributed by atoms with van der Waals surface area (Å²) in [7, 11) is 0. The van der Waals surface area contributed by atoms with Gasteiger partial charge in [0.1, 0.15) is 11.4 Å². The quantitative estimate of drug-likeness (QED) is 0.627. The maximum atomic E-state index is 12.1. The molecule has 1 aromatic heterocycles. The summed E-state index contributed by atoms with van der Waals surface area (Å²) in [6.07, 6.45) is -3.41. The zero-order chi connectivity index (χ0) is 9.35. The smallest absolute Gasteiger partial charge is 0.398 e. The van der Waals surface area contributed by atoms with E-state index in [1.54, 1.807) is 0 Å². The second-order valence-electron chi connectivity index (χ2n) is 2.16. The van der Waals surface area contributed by atoms with Gasteiger partial charge in [-0.1, -0.05) is 0 Å². The Morgan fingerprint density at radius 3 is 2.17 bits per heavy atom. The number of pyridine rings is 1. The summed E-state index contributed by atoms with van der Waals surface area (Å²) < 4.78 is 36.3. The maximum absolute atomic E-state index is 12.1. The molecule has 0 saturated heterocycles. The van der Waals surface area contributed by atoms with Crippen LogP contribution in [0.5, 0.6) is 0 Å². The highest BCUT2D eigenvalue weighted by Gasteiger charge is 2.35. The second kappa shape index (κ2) is 2.54. The van der Waals surface area contributed by atoms with Gasteiger partial charge in [-0.05, 0) is 6.07 Å². The molecule has 0 bridgehead atoms. The zero-order valence-corrected chi connectivity index (χ0v) is 5.89. The van der Waals surface area contributed by atoms with Gasteiger partial charge < -0.3 is 11.5 Å². The Labute approximate surface area is 66.2 Å². The fraction of sp³-hybridized carbons (Fsp3) is 0.167. The van der Waals surface area contributed by atoms with Crippen LogP contribution in [-0.4, -0.2) is 4.98 Å². The number of nitrogens with two attached hydrogens (primary N) is 2. The van der Waals surface area contributed by atoms with Crippen molar-refractivity contribution in [3.8, 4) is 0 Å². The fourth-order valence-electron chi connectivity index (χ4n) is 0.803. The van der Waals surface area contributed by atoms with Gasteiger partial charge in [-0.15, -0.1) is 0 Å². The Kier molecular flexibility index (Phi) is 1.83. The normalized spacial score (nSPS) is 11.6. The SMILES string of the molecule is Nc1ccnc(N)c1C(F)(F)F. The number of alkyl halides is 3. The molecular formula is C6H6F3N3. The van der Waals surface area contributed by atoms with E-state index >= 15 is 0 Å². The summed E-state index contributed by atoms with van der Waals surface area (Å²) in [5.41, 5.74) is 8.59. The van der Waals surface area contributed by atoms with Crippen LogP contribution in [0.1, 0.15) is 5.56 Å². The number of nitrogen functional groups attached to an aromatic ring is 2. The second-order valence-corrected chi connectivity index (χ2v) is 2.16. The molecule has 1 heterocycles. The highest BCUT2D eigenvalue weighted by molar-refractivity contribution is 5.58. The van der Waals surface area contributed by atoms with Crippen molar-refractivity contribution in [3.63, 3.8) is 0 Å². The van der Waals surface area contributed by atoms with E-state index in [1.807, 2.05) is 0 Å². The molecule has 0 fully saturated rings. The molecule has 0 radical (unpaired) electrons. The molecule has 12 heavy (non-hydrogen) atoms. The standard InChI is InChI=1S/C6H6F3N3/c7-6(8,9)4-3(10)1-2-12-5(4)11/h1-2H,(H4,10,11,12). The Morgan fingerprint density at radius 1 is 1.25 bits per heavy atom. The molecule has 0 saturated carbocycles. The molecule has 66 valence electrons. The third-order valence-electron chi connectivity index (χ3n) is 1.30.